The van der Waals surface area contributed by atoms with E-state index in [0.717, 1.165) is 64.0 Å². The van der Waals surface area contributed by atoms with Crippen molar-refractivity contribution in [2.24, 2.45) is 0 Å². The van der Waals surface area contributed by atoms with Crippen molar-refractivity contribution in [1.29, 1.82) is 0 Å². The third kappa shape index (κ3) is 6.67. The van der Waals surface area contributed by atoms with Gasteiger partial charge < -0.3 is 14.4 Å². The van der Waals surface area contributed by atoms with Gasteiger partial charge in [-0.25, -0.2) is 9.78 Å². The Morgan fingerprint density at radius 2 is 1.93 bits per heavy atom. The molecule has 6 rings (SSSR count). The summed E-state index contributed by atoms with van der Waals surface area (Å²) in [7, 11) is 0.287. The first kappa shape index (κ1) is 30.6. The monoisotopic (exact) mass is 642 g/mol. The zero-order valence-corrected chi connectivity index (χ0v) is 27.4. The second-order valence-corrected chi connectivity index (χ2v) is 18.5. The second kappa shape index (κ2) is 12.5. The molecule has 1 unspecified atom stereocenters. The smallest absolute Gasteiger partial charge is 0.411 e. The third-order valence-electron chi connectivity index (χ3n) is 8.08. The lowest BCUT2D eigenvalue weighted by Gasteiger charge is -2.17. The van der Waals surface area contributed by atoms with E-state index in [9.17, 15) is 9.90 Å². The van der Waals surface area contributed by atoms with Crippen LogP contribution in [-0.4, -0.2) is 67.7 Å². The molecule has 0 aliphatic heterocycles. The number of hydrogen-bond acceptors (Lipinski definition) is 7. The summed E-state index contributed by atoms with van der Waals surface area (Å²) in [5, 5.41) is 21.6. The molecule has 1 amide bonds. The van der Waals surface area contributed by atoms with Gasteiger partial charge in [0.25, 0.3) is 0 Å². The summed E-state index contributed by atoms with van der Waals surface area (Å²) in [5.74, 6) is 0.903. The van der Waals surface area contributed by atoms with Gasteiger partial charge in [-0.3, -0.25) is 9.88 Å². The quantitative estimate of drug-likeness (QED) is 0.131. The van der Waals surface area contributed by atoms with Crippen molar-refractivity contribution >= 4 is 31.5 Å². The highest BCUT2D eigenvalue weighted by Gasteiger charge is 2.31. The number of rotatable bonds is 10. The topological polar surface area (TPSA) is 124 Å². The van der Waals surface area contributed by atoms with E-state index in [1.54, 1.807) is 23.1 Å². The highest BCUT2D eigenvalue weighted by atomic mass is 35.5. The first-order chi connectivity index (χ1) is 21.6. The lowest BCUT2D eigenvalue weighted by Crippen LogP contribution is -2.23. The molecule has 0 radical (unpaired) electrons. The molecule has 5 aromatic rings. The number of pyridine rings is 1. The van der Waals surface area contributed by atoms with Gasteiger partial charge in [0.1, 0.15) is 18.9 Å². The SMILES string of the molecule is CN(C(=O)O)c1ccc(-c2cn(COCC[Si](C)(C)C)c(C3CCc4cc(-c5cc(Cl)ccc5-n5cnnn5)cnc43)n2)cc1. The molecule has 1 atom stereocenters. The zero-order valence-electron chi connectivity index (χ0n) is 25.7. The lowest BCUT2D eigenvalue weighted by atomic mass is 10.0. The molecular formula is C32H35ClN8O3Si. The molecule has 3 aromatic heterocycles. The zero-order chi connectivity index (χ0) is 31.7. The Hall–Kier alpha value is -4.39. The van der Waals surface area contributed by atoms with Crippen LogP contribution >= 0.6 is 11.6 Å². The van der Waals surface area contributed by atoms with Crippen LogP contribution in [0.15, 0.2) is 67.3 Å². The number of aromatic nitrogens is 7. The normalized spacial score (nSPS) is 14.5. The molecule has 1 N–H and O–H groups in total. The number of hydrogen-bond donors (Lipinski definition) is 1. The molecule has 3 heterocycles. The maximum Gasteiger partial charge on any atom is 0.411 e. The molecule has 1 aliphatic rings. The van der Waals surface area contributed by atoms with Gasteiger partial charge >= 0.3 is 6.09 Å². The van der Waals surface area contributed by atoms with E-state index >= 15 is 0 Å². The van der Waals surface area contributed by atoms with Gasteiger partial charge in [0.05, 0.1) is 23.0 Å². The highest BCUT2D eigenvalue weighted by molar-refractivity contribution is 6.76. The number of nitrogens with zero attached hydrogens (tertiary/aromatic N) is 8. The molecule has 0 spiro atoms. The van der Waals surface area contributed by atoms with E-state index in [-0.39, 0.29) is 5.92 Å². The molecule has 0 fully saturated rings. The van der Waals surface area contributed by atoms with Gasteiger partial charge in [-0.2, -0.15) is 4.68 Å². The molecule has 0 saturated carbocycles. The number of benzene rings is 2. The van der Waals surface area contributed by atoms with Crippen molar-refractivity contribution in [2.75, 3.05) is 18.6 Å². The van der Waals surface area contributed by atoms with Crippen LogP contribution in [0.5, 0.6) is 0 Å². The van der Waals surface area contributed by atoms with Crippen LogP contribution < -0.4 is 4.90 Å². The van der Waals surface area contributed by atoms with Crippen molar-refractivity contribution in [3.63, 3.8) is 0 Å². The minimum Gasteiger partial charge on any atom is -0.465 e. The van der Waals surface area contributed by atoms with Gasteiger partial charge in [-0.1, -0.05) is 43.4 Å². The van der Waals surface area contributed by atoms with E-state index in [0.29, 0.717) is 24.0 Å². The van der Waals surface area contributed by atoms with Crippen molar-refractivity contribution in [1.82, 2.24) is 34.7 Å². The summed E-state index contributed by atoms with van der Waals surface area (Å²) in [6.45, 7) is 8.12. The summed E-state index contributed by atoms with van der Waals surface area (Å²) < 4.78 is 9.90. The molecule has 45 heavy (non-hydrogen) atoms. The van der Waals surface area contributed by atoms with Crippen LogP contribution in [0.4, 0.5) is 10.5 Å². The number of amides is 1. The molecular weight excluding hydrogens is 608 g/mol. The van der Waals surface area contributed by atoms with E-state index in [2.05, 4.69) is 45.8 Å². The third-order valence-corrected chi connectivity index (χ3v) is 10.0. The predicted molar refractivity (Wildman–Crippen MR) is 176 cm³/mol. The molecule has 1 aliphatic carbocycles. The van der Waals surface area contributed by atoms with Crippen LogP contribution in [0.25, 0.3) is 28.1 Å². The van der Waals surface area contributed by atoms with Gasteiger partial charge in [0, 0.05) is 61.5 Å². The molecule has 0 bridgehead atoms. The van der Waals surface area contributed by atoms with E-state index in [4.69, 9.17) is 26.3 Å². The Balaban J connectivity index is 1.32. The minimum atomic E-state index is -1.24. The number of anilines is 1. The summed E-state index contributed by atoms with van der Waals surface area (Å²) in [6, 6.07) is 16.3. The summed E-state index contributed by atoms with van der Waals surface area (Å²) in [5.41, 5.74) is 7.11. The van der Waals surface area contributed by atoms with E-state index < -0.39 is 14.2 Å². The Kier molecular flexibility index (Phi) is 8.54. The first-order valence-electron chi connectivity index (χ1n) is 14.8. The number of carbonyl (C=O) groups is 1. The highest BCUT2D eigenvalue weighted by Crippen LogP contribution is 2.40. The average molecular weight is 643 g/mol. The van der Waals surface area contributed by atoms with Crippen molar-refractivity contribution < 1.29 is 14.6 Å². The van der Waals surface area contributed by atoms with Crippen LogP contribution in [0.3, 0.4) is 0 Å². The van der Waals surface area contributed by atoms with E-state index in [1.165, 1.54) is 11.9 Å². The van der Waals surface area contributed by atoms with Crippen LogP contribution in [0.1, 0.15) is 29.4 Å². The molecule has 13 heteroatoms. The van der Waals surface area contributed by atoms with Crippen molar-refractivity contribution in [3.05, 3.63) is 89.4 Å². The second-order valence-electron chi connectivity index (χ2n) is 12.5. The lowest BCUT2D eigenvalue weighted by molar-refractivity contribution is 0.0846. The van der Waals surface area contributed by atoms with Crippen molar-refractivity contribution in [3.8, 4) is 28.1 Å². The average Bonchev–Trinajstić information content (AvgIpc) is 3.78. The Morgan fingerprint density at radius 3 is 2.64 bits per heavy atom. The maximum absolute atomic E-state index is 11.4. The largest absolute Gasteiger partial charge is 0.465 e. The van der Waals surface area contributed by atoms with Crippen LogP contribution in [-0.2, 0) is 17.9 Å². The summed E-state index contributed by atoms with van der Waals surface area (Å²) >= 11 is 6.40. The fourth-order valence-corrected chi connectivity index (χ4v) is 6.47. The Labute approximate surface area is 267 Å². The number of fused-ring (bicyclic) bond motifs is 1. The summed E-state index contributed by atoms with van der Waals surface area (Å²) in [6.07, 6.45) is 6.18. The fraction of sp³-hybridized carbons (Fsp3) is 0.312. The minimum absolute atomic E-state index is 0.000782. The molecule has 2 aromatic carbocycles. The number of aryl methyl sites for hydroxylation is 1. The number of ether oxygens (including phenoxy) is 1. The van der Waals surface area contributed by atoms with Crippen LogP contribution in [0, 0.1) is 0 Å². The first-order valence-corrected chi connectivity index (χ1v) is 18.9. The van der Waals surface area contributed by atoms with Gasteiger partial charge in [0.15, 0.2) is 0 Å². The van der Waals surface area contributed by atoms with Gasteiger partial charge in [0.2, 0.25) is 0 Å². The predicted octanol–water partition coefficient (Wildman–Crippen LogP) is 6.75. The number of carboxylic acid groups (broad SMARTS) is 1. The standard InChI is InChI=1S/C32H35ClN8O3Si/c1-39(32(42)43)25-9-5-21(6-10-25)28-18-40(20-44-13-14-45(2,3)4)31(36-28)26-11-7-22-15-23(17-34-30(22)26)27-16-24(33)8-12-29(27)41-19-35-37-38-41/h5-6,8-10,12,15-19,26H,7,11,13-14,20H2,1-4H3,(H,42,43). The Bertz CT molecular complexity index is 1820. The number of tetrazole rings is 1. The summed E-state index contributed by atoms with van der Waals surface area (Å²) in [4.78, 5) is 22.7. The van der Waals surface area contributed by atoms with Crippen LogP contribution in [0.2, 0.25) is 30.7 Å². The molecule has 11 nitrogen and oxygen atoms in total. The van der Waals surface area contributed by atoms with E-state index in [1.807, 2.05) is 42.7 Å². The van der Waals surface area contributed by atoms with Crippen molar-refractivity contribution in [2.45, 2.75) is 51.2 Å². The number of imidazole rings is 1. The maximum atomic E-state index is 11.4. The Morgan fingerprint density at radius 1 is 1.13 bits per heavy atom. The van der Waals surface area contributed by atoms with Gasteiger partial charge in [-0.15, -0.1) is 5.10 Å². The number of halogens is 1. The fourth-order valence-electron chi connectivity index (χ4n) is 5.54. The van der Waals surface area contributed by atoms with Gasteiger partial charge in [-0.05, 0) is 71.3 Å². The molecule has 232 valence electrons. The molecule has 0 saturated heterocycles.